The predicted octanol–water partition coefficient (Wildman–Crippen LogP) is 3.81. The molecule has 0 unspecified atom stereocenters. The molecule has 1 amide bonds. The number of carbonyl (C=O) groups excluding carboxylic acids is 2. The molecule has 2 aromatic carbocycles. The van der Waals surface area contributed by atoms with Crippen LogP contribution in [0.2, 0.25) is 0 Å². The molecule has 0 spiro atoms. The number of esters is 1. The van der Waals surface area contributed by atoms with Crippen LogP contribution in [0.4, 0.5) is 5.69 Å². The van der Waals surface area contributed by atoms with Gasteiger partial charge in [0.2, 0.25) is 5.91 Å². The normalized spacial score (nSPS) is 10.5. The summed E-state index contributed by atoms with van der Waals surface area (Å²) in [5.74, 6) is -0.247. The SMILES string of the molecule is COC(=O)c1ccc(NC(=O)CSc2nc3ccccc3s2)cc1. The molecule has 0 atom stereocenters. The maximum absolute atomic E-state index is 12.0. The monoisotopic (exact) mass is 358 g/mol. The van der Waals surface area contributed by atoms with Crippen molar-refractivity contribution in [2.45, 2.75) is 4.34 Å². The van der Waals surface area contributed by atoms with Crippen molar-refractivity contribution in [3.8, 4) is 0 Å². The van der Waals surface area contributed by atoms with Gasteiger partial charge in [0.1, 0.15) is 0 Å². The summed E-state index contributed by atoms with van der Waals surface area (Å²) in [5.41, 5.74) is 2.03. The van der Waals surface area contributed by atoms with E-state index in [1.807, 2.05) is 24.3 Å². The van der Waals surface area contributed by atoms with Gasteiger partial charge in [-0.2, -0.15) is 0 Å². The molecular weight excluding hydrogens is 344 g/mol. The summed E-state index contributed by atoms with van der Waals surface area (Å²) in [6.45, 7) is 0. The van der Waals surface area contributed by atoms with Crippen LogP contribution < -0.4 is 5.32 Å². The Morgan fingerprint density at radius 3 is 2.62 bits per heavy atom. The van der Waals surface area contributed by atoms with Gasteiger partial charge >= 0.3 is 5.97 Å². The van der Waals surface area contributed by atoms with Crippen LogP contribution in [0.3, 0.4) is 0 Å². The molecule has 0 radical (unpaired) electrons. The second-order valence-corrected chi connectivity index (χ2v) is 7.11. The molecule has 1 aromatic heterocycles. The highest BCUT2D eigenvalue weighted by Gasteiger charge is 2.09. The summed E-state index contributed by atoms with van der Waals surface area (Å²) >= 11 is 2.98. The first-order chi connectivity index (χ1) is 11.7. The lowest BCUT2D eigenvalue weighted by molar-refractivity contribution is -0.113. The number of amides is 1. The van der Waals surface area contributed by atoms with E-state index in [0.29, 0.717) is 11.3 Å². The summed E-state index contributed by atoms with van der Waals surface area (Å²) in [6.07, 6.45) is 0. The fraction of sp³-hybridized carbons (Fsp3) is 0.118. The van der Waals surface area contributed by atoms with Crippen LogP contribution in [0.15, 0.2) is 52.9 Å². The zero-order valence-electron chi connectivity index (χ0n) is 12.8. The Morgan fingerprint density at radius 2 is 1.92 bits per heavy atom. The van der Waals surface area contributed by atoms with Gasteiger partial charge in [-0.05, 0) is 36.4 Å². The molecular formula is C17H14N2O3S2. The Kier molecular flexibility index (Phi) is 5.12. The lowest BCUT2D eigenvalue weighted by Gasteiger charge is -2.05. The first-order valence-electron chi connectivity index (χ1n) is 7.12. The first kappa shape index (κ1) is 16.5. The fourth-order valence-corrected chi connectivity index (χ4v) is 3.91. The van der Waals surface area contributed by atoms with E-state index in [1.54, 1.807) is 35.6 Å². The van der Waals surface area contributed by atoms with Crippen LogP contribution in [0, 0.1) is 0 Å². The Bertz CT molecular complexity index is 842. The minimum Gasteiger partial charge on any atom is -0.465 e. The van der Waals surface area contributed by atoms with Crippen LogP contribution >= 0.6 is 23.1 Å². The summed E-state index contributed by atoms with van der Waals surface area (Å²) in [6, 6.07) is 14.5. The average molecular weight is 358 g/mol. The predicted molar refractivity (Wildman–Crippen MR) is 96.8 cm³/mol. The second-order valence-electron chi connectivity index (χ2n) is 4.85. The van der Waals surface area contributed by atoms with Crippen molar-refractivity contribution in [1.82, 2.24) is 4.98 Å². The van der Waals surface area contributed by atoms with Crippen molar-refractivity contribution in [1.29, 1.82) is 0 Å². The molecule has 3 rings (SSSR count). The van der Waals surface area contributed by atoms with Gasteiger partial charge in [-0.1, -0.05) is 23.9 Å². The molecule has 1 heterocycles. The molecule has 122 valence electrons. The van der Waals surface area contributed by atoms with Crippen molar-refractivity contribution < 1.29 is 14.3 Å². The van der Waals surface area contributed by atoms with Crippen LogP contribution in [0.25, 0.3) is 10.2 Å². The summed E-state index contributed by atoms with van der Waals surface area (Å²) in [5, 5.41) is 2.80. The van der Waals surface area contributed by atoms with E-state index >= 15 is 0 Å². The van der Waals surface area contributed by atoms with Crippen LogP contribution in [0.1, 0.15) is 10.4 Å². The molecule has 0 aliphatic rings. The number of hydrogen-bond donors (Lipinski definition) is 1. The number of thioether (sulfide) groups is 1. The number of nitrogens with one attached hydrogen (secondary N) is 1. The van der Waals surface area contributed by atoms with Gasteiger partial charge in [-0.3, -0.25) is 4.79 Å². The number of carbonyl (C=O) groups is 2. The zero-order valence-corrected chi connectivity index (χ0v) is 14.4. The molecule has 0 fully saturated rings. The number of para-hydroxylation sites is 1. The first-order valence-corrected chi connectivity index (χ1v) is 8.92. The van der Waals surface area contributed by atoms with E-state index in [-0.39, 0.29) is 11.7 Å². The van der Waals surface area contributed by atoms with Gasteiger partial charge in [0, 0.05) is 5.69 Å². The summed E-state index contributed by atoms with van der Waals surface area (Å²) in [7, 11) is 1.33. The Morgan fingerprint density at radius 1 is 1.17 bits per heavy atom. The standard InChI is InChI=1S/C17H14N2O3S2/c1-22-16(21)11-6-8-12(9-7-11)18-15(20)10-23-17-19-13-4-2-3-5-14(13)24-17/h2-9H,10H2,1H3,(H,18,20). The minimum absolute atomic E-state index is 0.120. The van der Waals surface area contributed by atoms with Crippen LogP contribution in [0.5, 0.6) is 0 Å². The highest BCUT2D eigenvalue weighted by atomic mass is 32.2. The number of rotatable bonds is 5. The molecule has 3 aromatic rings. The number of hydrogen-bond acceptors (Lipinski definition) is 6. The molecule has 0 aliphatic carbocycles. The lowest BCUT2D eigenvalue weighted by Crippen LogP contribution is -2.14. The highest BCUT2D eigenvalue weighted by Crippen LogP contribution is 2.29. The van der Waals surface area contributed by atoms with Gasteiger partial charge in [0.05, 0.1) is 28.6 Å². The van der Waals surface area contributed by atoms with Crippen molar-refractivity contribution in [3.63, 3.8) is 0 Å². The van der Waals surface area contributed by atoms with E-state index in [4.69, 9.17) is 0 Å². The number of nitrogens with zero attached hydrogens (tertiary/aromatic N) is 1. The zero-order chi connectivity index (χ0) is 16.9. The lowest BCUT2D eigenvalue weighted by atomic mass is 10.2. The third kappa shape index (κ3) is 3.93. The van der Waals surface area contributed by atoms with E-state index < -0.39 is 5.97 Å². The highest BCUT2D eigenvalue weighted by molar-refractivity contribution is 8.01. The van der Waals surface area contributed by atoms with Crippen molar-refractivity contribution in [2.24, 2.45) is 0 Å². The van der Waals surface area contributed by atoms with Crippen LogP contribution in [-0.2, 0) is 9.53 Å². The number of anilines is 1. The van der Waals surface area contributed by atoms with Crippen molar-refractivity contribution in [2.75, 3.05) is 18.2 Å². The molecule has 24 heavy (non-hydrogen) atoms. The van der Waals surface area contributed by atoms with Crippen LogP contribution in [-0.4, -0.2) is 29.7 Å². The van der Waals surface area contributed by atoms with Crippen molar-refractivity contribution >= 4 is 50.9 Å². The average Bonchev–Trinajstić information content (AvgIpc) is 3.03. The molecule has 0 saturated heterocycles. The van der Waals surface area contributed by atoms with E-state index in [9.17, 15) is 9.59 Å². The van der Waals surface area contributed by atoms with E-state index in [1.165, 1.54) is 18.9 Å². The maximum atomic E-state index is 12.0. The number of benzene rings is 2. The third-order valence-corrected chi connectivity index (χ3v) is 5.37. The van der Waals surface area contributed by atoms with Gasteiger partial charge in [-0.15, -0.1) is 11.3 Å². The number of aromatic nitrogens is 1. The fourth-order valence-electron chi connectivity index (χ4n) is 2.04. The minimum atomic E-state index is -0.403. The third-order valence-electron chi connectivity index (χ3n) is 3.19. The smallest absolute Gasteiger partial charge is 0.337 e. The molecule has 0 aliphatic heterocycles. The van der Waals surface area contributed by atoms with E-state index in [2.05, 4.69) is 15.0 Å². The Hall–Kier alpha value is -2.38. The second kappa shape index (κ2) is 7.46. The number of methoxy groups -OCH3 is 1. The topological polar surface area (TPSA) is 68.3 Å². The maximum Gasteiger partial charge on any atom is 0.337 e. The largest absolute Gasteiger partial charge is 0.465 e. The van der Waals surface area contributed by atoms with Gasteiger partial charge in [0.25, 0.3) is 0 Å². The van der Waals surface area contributed by atoms with Gasteiger partial charge < -0.3 is 10.1 Å². The van der Waals surface area contributed by atoms with Crippen molar-refractivity contribution in [3.05, 3.63) is 54.1 Å². The molecule has 7 heteroatoms. The number of ether oxygens (including phenoxy) is 1. The molecule has 1 N–H and O–H groups in total. The summed E-state index contributed by atoms with van der Waals surface area (Å²) in [4.78, 5) is 27.9. The van der Waals surface area contributed by atoms with Gasteiger partial charge in [0.15, 0.2) is 4.34 Å². The number of fused-ring (bicyclic) bond motifs is 1. The quantitative estimate of drug-likeness (QED) is 0.555. The number of thiazole rings is 1. The summed E-state index contributed by atoms with van der Waals surface area (Å²) < 4.78 is 6.61. The molecule has 5 nitrogen and oxygen atoms in total. The Balaban J connectivity index is 1.56. The van der Waals surface area contributed by atoms with Gasteiger partial charge in [-0.25, -0.2) is 9.78 Å². The Labute approximate surface area is 147 Å². The molecule has 0 bridgehead atoms. The molecule has 0 saturated carbocycles. The van der Waals surface area contributed by atoms with E-state index in [0.717, 1.165) is 14.6 Å².